The van der Waals surface area contributed by atoms with E-state index in [4.69, 9.17) is 9.47 Å². The lowest BCUT2D eigenvalue weighted by Crippen LogP contribution is -2.40. The Balaban J connectivity index is 1.70. The highest BCUT2D eigenvalue weighted by Crippen LogP contribution is 2.59. The molecule has 0 aromatic heterocycles. The maximum Gasteiger partial charge on any atom is 0.307 e. The summed E-state index contributed by atoms with van der Waals surface area (Å²) in [7, 11) is 1.58. The van der Waals surface area contributed by atoms with Gasteiger partial charge in [0.05, 0.1) is 25.2 Å². The van der Waals surface area contributed by atoms with Crippen LogP contribution < -0.4 is 9.47 Å². The van der Waals surface area contributed by atoms with E-state index in [2.05, 4.69) is 13.8 Å². The molecule has 1 aromatic rings. The van der Waals surface area contributed by atoms with Gasteiger partial charge >= 0.3 is 5.97 Å². The molecular formula is C20H27NO5. The quantitative estimate of drug-likeness (QED) is 0.843. The van der Waals surface area contributed by atoms with E-state index in [1.54, 1.807) is 25.3 Å². The fourth-order valence-corrected chi connectivity index (χ4v) is 3.76. The Morgan fingerprint density at radius 2 is 2.00 bits per heavy atom. The van der Waals surface area contributed by atoms with Gasteiger partial charge in [-0.25, -0.2) is 0 Å². The van der Waals surface area contributed by atoms with Crippen LogP contribution >= 0.6 is 0 Å². The fourth-order valence-electron chi connectivity index (χ4n) is 3.76. The van der Waals surface area contributed by atoms with Crippen LogP contribution in [0, 0.1) is 17.3 Å². The number of rotatable bonds is 6. The summed E-state index contributed by atoms with van der Waals surface area (Å²) >= 11 is 0. The number of methoxy groups -OCH3 is 1. The van der Waals surface area contributed by atoms with Crippen LogP contribution in [-0.2, 0) is 4.79 Å². The molecule has 1 spiro atoms. The van der Waals surface area contributed by atoms with Gasteiger partial charge in [0.1, 0.15) is 11.5 Å². The minimum Gasteiger partial charge on any atom is -0.497 e. The Labute approximate surface area is 154 Å². The zero-order valence-corrected chi connectivity index (χ0v) is 15.7. The van der Waals surface area contributed by atoms with Crippen molar-refractivity contribution in [2.24, 2.45) is 17.3 Å². The summed E-state index contributed by atoms with van der Waals surface area (Å²) < 4.78 is 11.1. The summed E-state index contributed by atoms with van der Waals surface area (Å²) in [5.74, 6) is 0.545. The van der Waals surface area contributed by atoms with Crippen molar-refractivity contribution < 1.29 is 24.2 Å². The minimum atomic E-state index is -0.704. The topological polar surface area (TPSA) is 76.1 Å². The number of hydrogen-bond acceptors (Lipinski definition) is 4. The van der Waals surface area contributed by atoms with Gasteiger partial charge in [-0.1, -0.05) is 13.8 Å². The maximum absolute atomic E-state index is 13.0. The minimum absolute atomic E-state index is 0.0613. The number of carboxylic acid groups (broad SMARTS) is 1. The molecule has 1 atom stereocenters. The molecule has 1 aliphatic carbocycles. The molecule has 6 nitrogen and oxygen atoms in total. The van der Waals surface area contributed by atoms with Crippen LogP contribution in [0.1, 0.15) is 43.5 Å². The Hall–Kier alpha value is -2.24. The van der Waals surface area contributed by atoms with Gasteiger partial charge in [0.25, 0.3) is 5.91 Å². The van der Waals surface area contributed by atoms with Crippen LogP contribution in [0.3, 0.4) is 0 Å². The summed E-state index contributed by atoms with van der Waals surface area (Å²) in [5.41, 5.74) is 0.451. The smallest absolute Gasteiger partial charge is 0.307 e. The zero-order valence-electron chi connectivity index (χ0n) is 15.7. The van der Waals surface area contributed by atoms with Gasteiger partial charge in [0.2, 0.25) is 0 Å². The average molecular weight is 361 g/mol. The lowest BCUT2D eigenvalue weighted by molar-refractivity contribution is -0.139. The van der Waals surface area contributed by atoms with Gasteiger partial charge in [0.15, 0.2) is 0 Å². The third kappa shape index (κ3) is 3.64. The second-order valence-electron chi connectivity index (χ2n) is 7.82. The second kappa shape index (κ2) is 7.17. The first kappa shape index (κ1) is 18.5. The van der Waals surface area contributed by atoms with Crippen LogP contribution in [0.15, 0.2) is 18.2 Å². The molecular weight excluding hydrogens is 334 g/mol. The van der Waals surface area contributed by atoms with Crippen LogP contribution in [-0.4, -0.2) is 48.7 Å². The molecule has 1 saturated carbocycles. The molecule has 1 heterocycles. The monoisotopic (exact) mass is 361 g/mol. The van der Waals surface area contributed by atoms with Crippen LogP contribution in [0.4, 0.5) is 0 Å². The number of carboxylic acids is 1. The number of benzene rings is 1. The molecule has 1 unspecified atom stereocenters. The van der Waals surface area contributed by atoms with Crippen molar-refractivity contribution in [3.63, 3.8) is 0 Å². The molecule has 3 rings (SSSR count). The predicted molar refractivity (Wildman–Crippen MR) is 96.6 cm³/mol. The number of piperidine rings is 1. The van der Waals surface area contributed by atoms with Crippen molar-refractivity contribution in [1.82, 2.24) is 4.90 Å². The highest BCUT2D eigenvalue weighted by Gasteiger charge is 2.59. The first-order valence-electron chi connectivity index (χ1n) is 9.19. The molecule has 6 heteroatoms. The molecule has 0 radical (unpaired) electrons. The third-order valence-electron chi connectivity index (χ3n) is 5.53. The zero-order chi connectivity index (χ0) is 18.9. The van der Waals surface area contributed by atoms with Gasteiger partial charge in [-0.3, -0.25) is 9.59 Å². The Morgan fingerprint density at radius 1 is 1.31 bits per heavy atom. The molecule has 1 amide bonds. The predicted octanol–water partition coefficient (Wildman–Crippen LogP) is 3.06. The van der Waals surface area contributed by atoms with Gasteiger partial charge in [-0.2, -0.15) is 0 Å². The first-order valence-corrected chi connectivity index (χ1v) is 9.19. The highest BCUT2D eigenvalue weighted by molar-refractivity contribution is 5.97. The van der Waals surface area contributed by atoms with E-state index in [0.717, 1.165) is 19.3 Å². The van der Waals surface area contributed by atoms with E-state index in [-0.39, 0.29) is 17.2 Å². The standard InChI is InChI=1S/C20H27NO5/c1-13(2)12-26-17-10-14(25-3)4-5-15(17)18(22)21-8-6-20(7-9-21)11-16(20)19(23)24/h4-5,10,13,16H,6-9,11-12H2,1-3H3,(H,23,24). The number of likely N-dealkylation sites (tertiary alicyclic amines) is 1. The number of amides is 1. The normalized spacial score (nSPS) is 20.9. The van der Waals surface area contributed by atoms with Crippen molar-refractivity contribution in [3.05, 3.63) is 23.8 Å². The molecule has 1 N–H and O–H groups in total. The summed E-state index contributed by atoms with van der Waals surface area (Å²) in [5, 5.41) is 9.20. The fraction of sp³-hybridized carbons (Fsp3) is 0.600. The Morgan fingerprint density at radius 3 is 2.54 bits per heavy atom. The SMILES string of the molecule is COc1ccc(C(=O)N2CCC3(CC2)CC3C(=O)O)c(OCC(C)C)c1. The average Bonchev–Trinajstić information content (AvgIpc) is 3.33. The number of aliphatic carboxylic acids is 1. The molecule has 2 fully saturated rings. The third-order valence-corrected chi connectivity index (χ3v) is 5.53. The van der Waals surface area contributed by atoms with E-state index in [1.807, 2.05) is 4.90 Å². The lowest BCUT2D eigenvalue weighted by Gasteiger charge is -2.33. The van der Waals surface area contributed by atoms with Crippen molar-refractivity contribution in [2.45, 2.75) is 33.1 Å². The van der Waals surface area contributed by atoms with Crippen molar-refractivity contribution >= 4 is 11.9 Å². The Bertz CT molecular complexity index is 691. The van der Waals surface area contributed by atoms with E-state index >= 15 is 0 Å². The molecule has 1 aromatic carbocycles. The Kier molecular flexibility index (Phi) is 5.12. The molecule has 26 heavy (non-hydrogen) atoms. The van der Waals surface area contributed by atoms with Crippen molar-refractivity contribution in [3.8, 4) is 11.5 Å². The van der Waals surface area contributed by atoms with Crippen molar-refractivity contribution in [2.75, 3.05) is 26.8 Å². The molecule has 1 aliphatic heterocycles. The number of hydrogen-bond donors (Lipinski definition) is 1. The van der Waals surface area contributed by atoms with Crippen LogP contribution in [0.2, 0.25) is 0 Å². The highest BCUT2D eigenvalue weighted by atomic mass is 16.5. The molecule has 0 bridgehead atoms. The largest absolute Gasteiger partial charge is 0.497 e. The van der Waals surface area contributed by atoms with Crippen LogP contribution in [0.5, 0.6) is 11.5 Å². The summed E-state index contributed by atoms with van der Waals surface area (Å²) in [6.45, 7) is 5.83. The van der Waals surface area contributed by atoms with E-state index < -0.39 is 5.97 Å². The van der Waals surface area contributed by atoms with E-state index in [0.29, 0.717) is 42.7 Å². The summed E-state index contributed by atoms with van der Waals surface area (Å²) in [6, 6.07) is 5.27. The number of ether oxygens (including phenoxy) is 2. The molecule has 1 saturated heterocycles. The number of nitrogens with zero attached hydrogens (tertiary/aromatic N) is 1. The first-order chi connectivity index (χ1) is 12.4. The van der Waals surface area contributed by atoms with Gasteiger partial charge in [-0.05, 0) is 42.7 Å². The van der Waals surface area contributed by atoms with Crippen LogP contribution in [0.25, 0.3) is 0 Å². The van der Waals surface area contributed by atoms with Crippen molar-refractivity contribution in [1.29, 1.82) is 0 Å². The van der Waals surface area contributed by atoms with E-state index in [9.17, 15) is 14.7 Å². The number of carbonyl (C=O) groups is 2. The number of carbonyl (C=O) groups excluding carboxylic acids is 1. The molecule has 2 aliphatic rings. The summed E-state index contributed by atoms with van der Waals surface area (Å²) in [4.78, 5) is 26.0. The lowest BCUT2D eigenvalue weighted by atomic mass is 9.90. The summed E-state index contributed by atoms with van der Waals surface area (Å²) in [6.07, 6.45) is 2.26. The van der Waals surface area contributed by atoms with Gasteiger partial charge in [0, 0.05) is 19.2 Å². The molecule has 142 valence electrons. The van der Waals surface area contributed by atoms with E-state index in [1.165, 1.54) is 0 Å². The van der Waals surface area contributed by atoms with Gasteiger partial charge < -0.3 is 19.5 Å². The second-order valence-corrected chi connectivity index (χ2v) is 7.82. The maximum atomic E-state index is 13.0. The van der Waals surface area contributed by atoms with Gasteiger partial charge in [-0.15, -0.1) is 0 Å².